The van der Waals surface area contributed by atoms with Gasteiger partial charge in [0.1, 0.15) is 0 Å². The number of carbonyl (C=O) groups excluding carboxylic acids is 1. The summed E-state index contributed by atoms with van der Waals surface area (Å²) in [5.41, 5.74) is 1.21. The number of amides is 1. The Morgan fingerprint density at radius 2 is 2.18 bits per heavy atom. The number of hydrogen-bond acceptors (Lipinski definition) is 5. The van der Waals surface area contributed by atoms with Gasteiger partial charge in [0.25, 0.3) is 5.91 Å². The van der Waals surface area contributed by atoms with Gasteiger partial charge in [0, 0.05) is 31.5 Å². The number of nitrogens with zero attached hydrogens (tertiary/aromatic N) is 6. The molecule has 0 fully saturated rings. The smallest absolute Gasteiger partial charge is 0.254 e. The molecule has 0 unspecified atom stereocenters. The second-order valence-corrected chi connectivity index (χ2v) is 4.78. The summed E-state index contributed by atoms with van der Waals surface area (Å²) >= 11 is 0. The minimum absolute atomic E-state index is 0.0902. The molecule has 0 radical (unpaired) electrons. The molecular formula is C14H15N7O. The van der Waals surface area contributed by atoms with E-state index in [2.05, 4.69) is 25.7 Å². The molecule has 8 nitrogen and oxygen atoms in total. The van der Waals surface area contributed by atoms with Gasteiger partial charge in [-0.05, 0) is 17.3 Å². The van der Waals surface area contributed by atoms with E-state index in [4.69, 9.17) is 0 Å². The van der Waals surface area contributed by atoms with Crippen LogP contribution in [0.2, 0.25) is 0 Å². The Morgan fingerprint density at radius 1 is 1.32 bits per heavy atom. The van der Waals surface area contributed by atoms with Crippen LogP contribution >= 0.6 is 0 Å². The SMILES string of the molecule is CN(CCn1cccn1)C(=O)c1ccccc1-c1nn[nH]n1. The monoisotopic (exact) mass is 297 g/mol. The highest BCUT2D eigenvalue weighted by Gasteiger charge is 2.18. The van der Waals surface area contributed by atoms with Crippen molar-refractivity contribution in [3.05, 3.63) is 48.3 Å². The molecule has 1 N–H and O–H groups in total. The third kappa shape index (κ3) is 2.85. The summed E-state index contributed by atoms with van der Waals surface area (Å²) in [5, 5.41) is 18.0. The maximum Gasteiger partial charge on any atom is 0.254 e. The van der Waals surface area contributed by atoms with Crippen molar-refractivity contribution in [1.29, 1.82) is 0 Å². The molecule has 0 saturated heterocycles. The third-order valence-electron chi connectivity index (χ3n) is 3.31. The first kappa shape index (κ1) is 13.9. The lowest BCUT2D eigenvalue weighted by Gasteiger charge is -2.18. The molecule has 0 aliphatic heterocycles. The number of aromatic nitrogens is 6. The van der Waals surface area contributed by atoms with E-state index in [0.29, 0.717) is 30.0 Å². The number of benzene rings is 1. The number of likely N-dealkylation sites (N-methyl/N-ethyl adjacent to an activating group) is 1. The fourth-order valence-electron chi connectivity index (χ4n) is 2.13. The Morgan fingerprint density at radius 3 is 2.91 bits per heavy atom. The van der Waals surface area contributed by atoms with Gasteiger partial charge in [0.15, 0.2) is 0 Å². The molecule has 2 aromatic heterocycles. The van der Waals surface area contributed by atoms with E-state index in [1.807, 2.05) is 24.4 Å². The third-order valence-corrected chi connectivity index (χ3v) is 3.31. The normalized spacial score (nSPS) is 10.6. The average Bonchev–Trinajstić information content (AvgIpc) is 3.25. The Bertz CT molecular complexity index is 736. The molecule has 8 heteroatoms. The fraction of sp³-hybridized carbons (Fsp3) is 0.214. The number of aromatic amines is 1. The molecular weight excluding hydrogens is 282 g/mol. The predicted octanol–water partition coefficient (Wildman–Crippen LogP) is 0.835. The van der Waals surface area contributed by atoms with Gasteiger partial charge < -0.3 is 4.90 Å². The molecule has 0 saturated carbocycles. The van der Waals surface area contributed by atoms with Crippen LogP contribution in [0.5, 0.6) is 0 Å². The van der Waals surface area contributed by atoms with Gasteiger partial charge in [-0.3, -0.25) is 9.48 Å². The summed E-state index contributed by atoms with van der Waals surface area (Å²) in [4.78, 5) is 14.3. The number of hydrogen-bond donors (Lipinski definition) is 1. The molecule has 0 bridgehead atoms. The molecule has 0 spiro atoms. The van der Waals surface area contributed by atoms with Gasteiger partial charge in [-0.15, -0.1) is 10.2 Å². The van der Waals surface area contributed by atoms with Crippen LogP contribution in [-0.2, 0) is 6.54 Å². The molecule has 0 atom stereocenters. The highest BCUT2D eigenvalue weighted by molar-refractivity contribution is 5.99. The van der Waals surface area contributed by atoms with Crippen molar-refractivity contribution >= 4 is 5.91 Å². The summed E-state index contributed by atoms with van der Waals surface area (Å²) in [7, 11) is 1.76. The van der Waals surface area contributed by atoms with Gasteiger partial charge in [-0.1, -0.05) is 18.2 Å². The van der Waals surface area contributed by atoms with Crippen molar-refractivity contribution in [2.45, 2.75) is 6.54 Å². The van der Waals surface area contributed by atoms with E-state index in [0.717, 1.165) is 0 Å². The molecule has 3 rings (SSSR count). The minimum Gasteiger partial charge on any atom is -0.340 e. The largest absolute Gasteiger partial charge is 0.340 e. The maximum atomic E-state index is 12.6. The molecule has 3 aromatic rings. The first-order valence-corrected chi connectivity index (χ1v) is 6.81. The minimum atomic E-state index is -0.0902. The van der Waals surface area contributed by atoms with Crippen LogP contribution in [-0.4, -0.2) is 54.8 Å². The molecule has 1 aromatic carbocycles. The number of H-pyrrole nitrogens is 1. The number of tetrazole rings is 1. The summed E-state index contributed by atoms with van der Waals surface area (Å²) in [6.07, 6.45) is 3.58. The quantitative estimate of drug-likeness (QED) is 0.753. The number of nitrogens with one attached hydrogen (secondary N) is 1. The van der Waals surface area contributed by atoms with Crippen molar-refractivity contribution in [2.24, 2.45) is 0 Å². The molecule has 22 heavy (non-hydrogen) atoms. The number of rotatable bonds is 5. The van der Waals surface area contributed by atoms with E-state index < -0.39 is 0 Å². The molecule has 1 amide bonds. The van der Waals surface area contributed by atoms with Crippen molar-refractivity contribution < 1.29 is 4.79 Å². The van der Waals surface area contributed by atoms with Crippen molar-refractivity contribution in [3.63, 3.8) is 0 Å². The van der Waals surface area contributed by atoms with Crippen molar-refractivity contribution in [1.82, 2.24) is 35.3 Å². The summed E-state index contributed by atoms with van der Waals surface area (Å²) in [6.45, 7) is 1.20. The van der Waals surface area contributed by atoms with Crippen LogP contribution in [0.4, 0.5) is 0 Å². The van der Waals surface area contributed by atoms with Gasteiger partial charge in [-0.2, -0.15) is 10.3 Å². The molecule has 2 heterocycles. The zero-order valence-corrected chi connectivity index (χ0v) is 12.0. The lowest BCUT2D eigenvalue weighted by atomic mass is 10.1. The van der Waals surface area contributed by atoms with Crippen LogP contribution in [0.15, 0.2) is 42.7 Å². The zero-order chi connectivity index (χ0) is 15.4. The summed E-state index contributed by atoms with van der Waals surface area (Å²) < 4.78 is 1.79. The maximum absolute atomic E-state index is 12.6. The van der Waals surface area contributed by atoms with Gasteiger partial charge >= 0.3 is 0 Å². The van der Waals surface area contributed by atoms with Crippen LogP contribution in [0.25, 0.3) is 11.4 Å². The Kier molecular flexibility index (Phi) is 3.90. The van der Waals surface area contributed by atoms with Gasteiger partial charge in [-0.25, -0.2) is 0 Å². The molecule has 0 aliphatic rings. The Labute approximate surface area is 126 Å². The second kappa shape index (κ2) is 6.17. The first-order chi connectivity index (χ1) is 10.8. The zero-order valence-electron chi connectivity index (χ0n) is 12.0. The van der Waals surface area contributed by atoms with Gasteiger partial charge in [0.05, 0.1) is 12.1 Å². The first-order valence-electron chi connectivity index (χ1n) is 6.81. The van der Waals surface area contributed by atoms with Crippen LogP contribution in [0.3, 0.4) is 0 Å². The fourth-order valence-corrected chi connectivity index (χ4v) is 2.13. The van der Waals surface area contributed by atoms with E-state index in [9.17, 15) is 4.79 Å². The average molecular weight is 297 g/mol. The topological polar surface area (TPSA) is 92.6 Å². The Hall–Kier alpha value is -3.03. The van der Waals surface area contributed by atoms with Crippen LogP contribution in [0, 0.1) is 0 Å². The lowest BCUT2D eigenvalue weighted by Crippen LogP contribution is -2.30. The number of carbonyl (C=O) groups is 1. The van der Waals surface area contributed by atoms with Crippen LogP contribution < -0.4 is 0 Å². The van der Waals surface area contributed by atoms with E-state index >= 15 is 0 Å². The standard InChI is InChI=1S/C14H15N7O/c1-20(9-10-21-8-4-7-15-21)14(22)12-6-3-2-5-11(12)13-16-18-19-17-13/h2-8H,9-10H2,1H3,(H,16,17,18,19). The highest BCUT2D eigenvalue weighted by atomic mass is 16.2. The van der Waals surface area contributed by atoms with E-state index in [1.165, 1.54) is 0 Å². The summed E-state index contributed by atoms with van der Waals surface area (Å²) in [5.74, 6) is 0.317. The second-order valence-electron chi connectivity index (χ2n) is 4.78. The van der Waals surface area contributed by atoms with Crippen molar-refractivity contribution in [3.8, 4) is 11.4 Å². The predicted molar refractivity (Wildman–Crippen MR) is 78.8 cm³/mol. The summed E-state index contributed by atoms with van der Waals surface area (Å²) in [6, 6.07) is 9.08. The van der Waals surface area contributed by atoms with E-state index in [1.54, 1.807) is 35.0 Å². The van der Waals surface area contributed by atoms with E-state index in [-0.39, 0.29) is 5.91 Å². The van der Waals surface area contributed by atoms with Crippen LogP contribution in [0.1, 0.15) is 10.4 Å². The Balaban J connectivity index is 1.77. The molecule has 112 valence electrons. The van der Waals surface area contributed by atoms with Crippen molar-refractivity contribution in [2.75, 3.05) is 13.6 Å². The lowest BCUT2D eigenvalue weighted by molar-refractivity contribution is 0.0789. The van der Waals surface area contributed by atoms with Gasteiger partial charge in [0.2, 0.25) is 5.82 Å². The highest BCUT2D eigenvalue weighted by Crippen LogP contribution is 2.20. The molecule has 0 aliphatic carbocycles.